The molecule has 1 aromatic heterocycles. The molecule has 0 saturated carbocycles. The molecular weight excluding hydrogens is 376 g/mol. The van der Waals surface area contributed by atoms with Crippen LogP contribution in [-0.2, 0) is 16.6 Å². The summed E-state index contributed by atoms with van der Waals surface area (Å²) in [4.78, 5) is 4.29. The molecule has 0 amide bonds. The maximum atomic E-state index is 13.5. The van der Waals surface area contributed by atoms with Gasteiger partial charge in [0.15, 0.2) is 0 Å². The minimum atomic E-state index is -3.83. The van der Waals surface area contributed by atoms with Gasteiger partial charge in [0.1, 0.15) is 11.5 Å². The molecule has 3 rings (SSSR count). The average Bonchev–Trinajstić information content (AvgIpc) is 2.72. The van der Waals surface area contributed by atoms with E-state index in [9.17, 15) is 8.42 Å². The molecular formula is C21H22N2O4S. The summed E-state index contributed by atoms with van der Waals surface area (Å²) in [7, 11) is -0.726. The van der Waals surface area contributed by atoms with Crippen molar-refractivity contribution in [1.29, 1.82) is 0 Å². The zero-order valence-corrected chi connectivity index (χ0v) is 16.8. The van der Waals surface area contributed by atoms with Gasteiger partial charge in [0.25, 0.3) is 10.0 Å². The second kappa shape index (κ2) is 8.31. The van der Waals surface area contributed by atoms with Crippen LogP contribution in [0.5, 0.6) is 11.5 Å². The van der Waals surface area contributed by atoms with Gasteiger partial charge in [-0.25, -0.2) is 8.42 Å². The van der Waals surface area contributed by atoms with E-state index in [0.717, 1.165) is 11.1 Å². The molecule has 0 radical (unpaired) electrons. The van der Waals surface area contributed by atoms with Crippen LogP contribution in [0, 0.1) is 6.92 Å². The normalized spacial score (nSPS) is 11.1. The molecule has 0 aliphatic rings. The van der Waals surface area contributed by atoms with Crippen molar-refractivity contribution in [2.45, 2.75) is 18.4 Å². The molecule has 28 heavy (non-hydrogen) atoms. The number of rotatable bonds is 7. The number of anilines is 1. The van der Waals surface area contributed by atoms with E-state index < -0.39 is 10.0 Å². The summed E-state index contributed by atoms with van der Waals surface area (Å²) in [6, 6.07) is 15.4. The first kappa shape index (κ1) is 19.7. The fraction of sp³-hybridized carbons (Fsp3) is 0.190. The lowest BCUT2D eigenvalue weighted by Crippen LogP contribution is -2.30. The van der Waals surface area contributed by atoms with Gasteiger partial charge in [0.05, 0.1) is 31.3 Å². The molecule has 146 valence electrons. The number of hydrogen-bond donors (Lipinski definition) is 0. The highest BCUT2D eigenvalue weighted by atomic mass is 32.2. The molecule has 0 atom stereocenters. The molecule has 0 fully saturated rings. The Kier molecular flexibility index (Phi) is 5.84. The number of hydrogen-bond acceptors (Lipinski definition) is 5. The van der Waals surface area contributed by atoms with Gasteiger partial charge in [-0.1, -0.05) is 12.1 Å². The van der Waals surface area contributed by atoms with Crippen LogP contribution in [0.4, 0.5) is 5.69 Å². The van der Waals surface area contributed by atoms with E-state index in [1.54, 1.807) is 75.1 Å². The van der Waals surface area contributed by atoms with Crippen molar-refractivity contribution in [3.8, 4) is 11.5 Å². The van der Waals surface area contributed by atoms with Crippen LogP contribution in [0.25, 0.3) is 0 Å². The Morgan fingerprint density at radius 1 is 1.00 bits per heavy atom. The number of aryl methyl sites for hydroxylation is 1. The molecule has 0 bridgehead atoms. The van der Waals surface area contributed by atoms with Gasteiger partial charge in [-0.2, -0.15) is 0 Å². The molecule has 3 aromatic rings. The van der Waals surface area contributed by atoms with Gasteiger partial charge < -0.3 is 9.47 Å². The SMILES string of the molecule is COc1cccc(N(Cc2cccnc2)S(=O)(=O)c2ccc(OC)c(C)c2)c1. The maximum Gasteiger partial charge on any atom is 0.264 e. The lowest BCUT2D eigenvalue weighted by Gasteiger charge is -2.25. The van der Waals surface area contributed by atoms with Gasteiger partial charge in [-0.15, -0.1) is 0 Å². The lowest BCUT2D eigenvalue weighted by molar-refractivity contribution is 0.411. The van der Waals surface area contributed by atoms with Gasteiger partial charge in [0.2, 0.25) is 0 Å². The van der Waals surface area contributed by atoms with E-state index in [2.05, 4.69) is 4.98 Å². The van der Waals surface area contributed by atoms with Crippen molar-refractivity contribution < 1.29 is 17.9 Å². The molecule has 0 spiro atoms. The highest BCUT2D eigenvalue weighted by molar-refractivity contribution is 7.92. The summed E-state index contributed by atoms with van der Waals surface area (Å²) in [6.07, 6.45) is 3.31. The van der Waals surface area contributed by atoms with Crippen molar-refractivity contribution in [1.82, 2.24) is 4.98 Å². The Morgan fingerprint density at radius 3 is 2.46 bits per heavy atom. The summed E-state index contributed by atoms with van der Waals surface area (Å²) in [6.45, 7) is 1.96. The fourth-order valence-corrected chi connectivity index (χ4v) is 4.41. The summed E-state index contributed by atoms with van der Waals surface area (Å²) < 4.78 is 38.9. The third kappa shape index (κ3) is 4.09. The number of ether oxygens (including phenoxy) is 2. The Morgan fingerprint density at radius 2 is 1.82 bits per heavy atom. The van der Waals surface area contributed by atoms with E-state index in [1.807, 2.05) is 13.0 Å². The van der Waals surface area contributed by atoms with Gasteiger partial charge in [0, 0.05) is 18.5 Å². The average molecular weight is 398 g/mol. The number of methoxy groups -OCH3 is 2. The van der Waals surface area contributed by atoms with Crippen LogP contribution < -0.4 is 13.8 Å². The minimum absolute atomic E-state index is 0.147. The molecule has 0 unspecified atom stereocenters. The number of sulfonamides is 1. The van der Waals surface area contributed by atoms with Crippen molar-refractivity contribution in [3.63, 3.8) is 0 Å². The zero-order chi connectivity index (χ0) is 20.1. The molecule has 0 aliphatic heterocycles. The fourth-order valence-electron chi connectivity index (χ4n) is 2.88. The quantitative estimate of drug-likeness (QED) is 0.605. The first-order valence-corrected chi connectivity index (χ1v) is 10.1. The summed E-state index contributed by atoms with van der Waals surface area (Å²) >= 11 is 0. The topological polar surface area (TPSA) is 68.7 Å². The molecule has 2 aromatic carbocycles. The number of aromatic nitrogens is 1. The van der Waals surface area contributed by atoms with E-state index in [1.165, 1.54) is 4.31 Å². The van der Waals surface area contributed by atoms with Crippen LogP contribution in [0.15, 0.2) is 71.9 Å². The molecule has 6 nitrogen and oxygen atoms in total. The first-order chi connectivity index (χ1) is 13.5. The molecule has 0 aliphatic carbocycles. The van der Waals surface area contributed by atoms with Crippen molar-refractivity contribution in [3.05, 3.63) is 78.1 Å². The monoisotopic (exact) mass is 398 g/mol. The third-order valence-corrected chi connectivity index (χ3v) is 6.11. The van der Waals surface area contributed by atoms with Crippen molar-refractivity contribution in [2.24, 2.45) is 0 Å². The van der Waals surface area contributed by atoms with E-state index in [0.29, 0.717) is 17.2 Å². The molecule has 0 N–H and O–H groups in total. The summed E-state index contributed by atoms with van der Waals surface area (Å²) in [5.74, 6) is 1.22. The van der Waals surface area contributed by atoms with E-state index >= 15 is 0 Å². The largest absolute Gasteiger partial charge is 0.497 e. The predicted molar refractivity (Wildman–Crippen MR) is 108 cm³/mol. The Hall–Kier alpha value is -3.06. The lowest BCUT2D eigenvalue weighted by atomic mass is 10.2. The van der Waals surface area contributed by atoms with Crippen LogP contribution in [0.1, 0.15) is 11.1 Å². The summed E-state index contributed by atoms with van der Waals surface area (Å²) in [5, 5.41) is 0. The minimum Gasteiger partial charge on any atom is -0.497 e. The highest BCUT2D eigenvalue weighted by Gasteiger charge is 2.26. The Balaban J connectivity index is 2.10. The van der Waals surface area contributed by atoms with E-state index in [4.69, 9.17) is 9.47 Å². The third-order valence-electron chi connectivity index (χ3n) is 4.34. The van der Waals surface area contributed by atoms with Crippen LogP contribution in [-0.4, -0.2) is 27.6 Å². The number of benzene rings is 2. The predicted octanol–water partition coefficient (Wildman–Crippen LogP) is 3.80. The first-order valence-electron chi connectivity index (χ1n) is 8.66. The Labute approximate surface area is 165 Å². The van der Waals surface area contributed by atoms with Crippen molar-refractivity contribution in [2.75, 3.05) is 18.5 Å². The second-order valence-corrected chi connectivity index (χ2v) is 8.07. The highest BCUT2D eigenvalue weighted by Crippen LogP contribution is 2.30. The zero-order valence-electron chi connectivity index (χ0n) is 16.0. The van der Waals surface area contributed by atoms with Crippen LogP contribution in [0.3, 0.4) is 0 Å². The second-order valence-electron chi connectivity index (χ2n) is 6.21. The summed E-state index contributed by atoms with van der Waals surface area (Å²) in [5.41, 5.74) is 2.03. The Bertz CT molecular complexity index is 1050. The van der Waals surface area contributed by atoms with E-state index in [-0.39, 0.29) is 11.4 Å². The number of pyridine rings is 1. The van der Waals surface area contributed by atoms with Gasteiger partial charge in [-0.05, 0) is 54.4 Å². The van der Waals surface area contributed by atoms with Crippen LogP contribution >= 0.6 is 0 Å². The van der Waals surface area contributed by atoms with Crippen molar-refractivity contribution >= 4 is 15.7 Å². The smallest absolute Gasteiger partial charge is 0.264 e. The molecule has 7 heteroatoms. The standard InChI is InChI=1S/C21H22N2O4S/c1-16-12-20(9-10-21(16)27-3)28(24,25)23(15-17-6-5-11-22-14-17)18-7-4-8-19(13-18)26-2/h4-14H,15H2,1-3H3. The molecule has 1 heterocycles. The van der Waals surface area contributed by atoms with Gasteiger partial charge >= 0.3 is 0 Å². The van der Waals surface area contributed by atoms with Gasteiger partial charge in [-0.3, -0.25) is 9.29 Å². The maximum absolute atomic E-state index is 13.5. The molecule has 0 saturated heterocycles. The number of nitrogens with zero attached hydrogens (tertiary/aromatic N) is 2. The van der Waals surface area contributed by atoms with Crippen LogP contribution in [0.2, 0.25) is 0 Å².